The fraction of sp³-hybridized carbons (Fsp3) is 0.714. The van der Waals surface area contributed by atoms with Crippen LogP contribution in [0.25, 0.3) is 0 Å². The first kappa shape index (κ1) is 18.8. The van der Waals surface area contributed by atoms with E-state index < -0.39 is 17.5 Å². The second-order valence-corrected chi connectivity index (χ2v) is 8.37. The van der Waals surface area contributed by atoms with Gasteiger partial charge >= 0.3 is 0 Å². The third-order valence-corrected chi connectivity index (χ3v) is 6.57. The van der Waals surface area contributed by atoms with Crippen molar-refractivity contribution in [3.63, 3.8) is 0 Å². The molecule has 0 spiro atoms. The van der Waals surface area contributed by atoms with Crippen molar-refractivity contribution in [1.82, 2.24) is 0 Å². The number of aliphatic hydroxyl groups excluding tert-OH is 2. The lowest BCUT2D eigenvalue weighted by Crippen LogP contribution is -2.45. The molecule has 0 radical (unpaired) electrons. The lowest BCUT2D eigenvalue weighted by molar-refractivity contribution is -0.222. The van der Waals surface area contributed by atoms with E-state index >= 15 is 0 Å². The molecule has 3 aliphatic rings. The van der Waals surface area contributed by atoms with Gasteiger partial charge in [0.25, 0.3) is 0 Å². The fourth-order valence-electron chi connectivity index (χ4n) is 4.78. The third kappa shape index (κ3) is 3.03. The molecule has 0 fully saturated rings. The van der Waals surface area contributed by atoms with E-state index in [1.807, 2.05) is 19.1 Å². The summed E-state index contributed by atoms with van der Waals surface area (Å²) >= 11 is 0. The SMILES string of the molecule is CO[C@]12C=C[C@](C)(O1)[C@@H](O)C[C@H]1C(C)=CC[C@H](C(C)C)[C@H]1/C=C\2CO. The third-order valence-electron chi connectivity index (χ3n) is 6.57. The van der Waals surface area contributed by atoms with Crippen molar-refractivity contribution >= 4 is 0 Å². The molecule has 0 aromatic heterocycles. The number of ether oxygens (including phenoxy) is 2. The van der Waals surface area contributed by atoms with Crippen molar-refractivity contribution in [2.75, 3.05) is 13.7 Å². The van der Waals surface area contributed by atoms with Crippen LogP contribution in [0.2, 0.25) is 0 Å². The highest BCUT2D eigenvalue weighted by molar-refractivity contribution is 5.33. The second-order valence-electron chi connectivity index (χ2n) is 8.37. The second kappa shape index (κ2) is 6.66. The number of rotatable bonds is 3. The largest absolute Gasteiger partial charge is 0.392 e. The molecule has 0 amide bonds. The number of hydrogen-bond donors (Lipinski definition) is 2. The Morgan fingerprint density at radius 1 is 1.36 bits per heavy atom. The lowest BCUT2D eigenvalue weighted by Gasteiger charge is -2.40. The van der Waals surface area contributed by atoms with Crippen LogP contribution in [0.1, 0.15) is 40.5 Å². The summed E-state index contributed by atoms with van der Waals surface area (Å²) in [5.74, 6) is 0.419. The van der Waals surface area contributed by atoms with Crippen LogP contribution in [0.4, 0.5) is 0 Å². The quantitative estimate of drug-likeness (QED) is 0.769. The minimum atomic E-state index is -1.09. The predicted octanol–water partition coefficient (Wildman–Crippen LogP) is 3.21. The van der Waals surface area contributed by atoms with Gasteiger partial charge in [-0.05, 0) is 62.5 Å². The van der Waals surface area contributed by atoms with Crippen LogP contribution in [0.5, 0.6) is 0 Å². The highest BCUT2D eigenvalue weighted by Gasteiger charge is 2.51. The Bertz CT molecular complexity index is 605. The first-order valence-electron chi connectivity index (χ1n) is 9.39. The van der Waals surface area contributed by atoms with Crippen molar-refractivity contribution in [1.29, 1.82) is 0 Å². The maximum Gasteiger partial charge on any atom is 0.214 e. The summed E-state index contributed by atoms with van der Waals surface area (Å²) in [6.45, 7) is 8.44. The Kier molecular flexibility index (Phi) is 5.02. The fourth-order valence-corrected chi connectivity index (χ4v) is 4.78. The summed E-state index contributed by atoms with van der Waals surface area (Å²) in [4.78, 5) is 0. The van der Waals surface area contributed by atoms with Crippen molar-refractivity contribution in [2.24, 2.45) is 23.7 Å². The molecule has 2 N–H and O–H groups in total. The van der Waals surface area contributed by atoms with Crippen molar-refractivity contribution in [2.45, 2.75) is 58.0 Å². The van der Waals surface area contributed by atoms with Crippen molar-refractivity contribution < 1.29 is 19.7 Å². The Labute approximate surface area is 151 Å². The molecule has 0 unspecified atom stereocenters. The molecule has 1 aliphatic carbocycles. The zero-order valence-corrected chi connectivity index (χ0v) is 16.0. The van der Waals surface area contributed by atoms with Crippen LogP contribution >= 0.6 is 0 Å². The van der Waals surface area contributed by atoms with E-state index in [2.05, 4.69) is 32.9 Å². The standard InChI is InChI=1S/C21H32O4/c1-13(2)16-7-6-14(3)17-11-19(23)20(4)8-9-21(24-5,25-20)15(12-22)10-18(16)17/h6,8-10,13,16-19,22-23H,7,11-12H2,1-5H3/b15-10-/t16-,17+,18-,19+,20+,21-/m1/s1. The molecule has 2 bridgehead atoms. The van der Waals surface area contributed by atoms with Gasteiger partial charge in [0.1, 0.15) is 5.60 Å². The van der Waals surface area contributed by atoms with E-state index in [-0.39, 0.29) is 18.4 Å². The first-order valence-corrected chi connectivity index (χ1v) is 9.39. The Morgan fingerprint density at radius 2 is 2.08 bits per heavy atom. The lowest BCUT2D eigenvalue weighted by atomic mass is 9.65. The van der Waals surface area contributed by atoms with Crippen LogP contribution < -0.4 is 0 Å². The van der Waals surface area contributed by atoms with Crippen LogP contribution in [0.15, 0.2) is 35.5 Å². The molecule has 4 nitrogen and oxygen atoms in total. The van der Waals surface area contributed by atoms with Gasteiger partial charge in [-0.2, -0.15) is 0 Å². The molecular weight excluding hydrogens is 316 g/mol. The minimum absolute atomic E-state index is 0.124. The predicted molar refractivity (Wildman–Crippen MR) is 97.8 cm³/mol. The van der Waals surface area contributed by atoms with Crippen molar-refractivity contribution in [3.8, 4) is 0 Å². The highest BCUT2D eigenvalue weighted by atomic mass is 16.7. The van der Waals surface area contributed by atoms with Gasteiger partial charge in [0, 0.05) is 12.7 Å². The maximum absolute atomic E-state index is 11.0. The molecule has 0 aromatic rings. The van der Waals surface area contributed by atoms with Gasteiger partial charge in [0.2, 0.25) is 5.79 Å². The van der Waals surface area contributed by atoms with Gasteiger partial charge in [0.05, 0.1) is 12.7 Å². The molecule has 0 aromatic carbocycles. The highest BCUT2D eigenvalue weighted by Crippen LogP contribution is 2.48. The normalized spacial score (nSPS) is 45.9. The average molecular weight is 348 g/mol. The Balaban J connectivity index is 2.14. The molecule has 0 saturated heterocycles. The van der Waals surface area contributed by atoms with Gasteiger partial charge in [0.15, 0.2) is 0 Å². The maximum atomic E-state index is 11.0. The van der Waals surface area contributed by atoms with Gasteiger partial charge in [-0.25, -0.2) is 0 Å². The van der Waals surface area contributed by atoms with E-state index in [9.17, 15) is 10.2 Å². The monoisotopic (exact) mass is 348 g/mol. The van der Waals surface area contributed by atoms with Gasteiger partial charge in [-0.3, -0.25) is 0 Å². The summed E-state index contributed by atoms with van der Waals surface area (Å²) in [6.07, 6.45) is 9.27. The Morgan fingerprint density at radius 3 is 2.68 bits per heavy atom. The molecule has 4 heteroatoms. The summed E-state index contributed by atoms with van der Waals surface area (Å²) in [7, 11) is 1.59. The Hall–Kier alpha value is -0.940. The molecule has 2 heterocycles. The summed E-state index contributed by atoms with van der Waals surface area (Å²) in [5, 5.41) is 21.1. The van der Waals surface area contributed by atoms with Crippen LogP contribution in [-0.4, -0.2) is 41.4 Å². The smallest absolute Gasteiger partial charge is 0.214 e. The molecule has 0 saturated carbocycles. The summed E-state index contributed by atoms with van der Waals surface area (Å²) in [5.41, 5.74) is 1.25. The molecule has 140 valence electrons. The van der Waals surface area contributed by atoms with Crippen LogP contribution in [0.3, 0.4) is 0 Å². The number of fused-ring (bicyclic) bond motifs is 3. The molecule has 25 heavy (non-hydrogen) atoms. The van der Waals surface area contributed by atoms with E-state index in [1.165, 1.54) is 5.57 Å². The summed E-state index contributed by atoms with van der Waals surface area (Å²) < 4.78 is 11.9. The van der Waals surface area contributed by atoms with E-state index in [1.54, 1.807) is 7.11 Å². The van der Waals surface area contributed by atoms with E-state index in [0.29, 0.717) is 18.3 Å². The number of allylic oxidation sites excluding steroid dienone is 3. The number of aliphatic hydroxyl groups is 2. The van der Waals surface area contributed by atoms with Crippen LogP contribution in [-0.2, 0) is 9.47 Å². The van der Waals surface area contributed by atoms with Gasteiger partial charge < -0.3 is 19.7 Å². The number of hydrogen-bond acceptors (Lipinski definition) is 4. The molecule has 3 rings (SSSR count). The van der Waals surface area contributed by atoms with Gasteiger partial charge in [-0.15, -0.1) is 0 Å². The van der Waals surface area contributed by atoms with Crippen LogP contribution in [0, 0.1) is 23.7 Å². The molecule has 2 aliphatic heterocycles. The van der Waals surface area contributed by atoms with Gasteiger partial charge in [-0.1, -0.05) is 31.6 Å². The van der Waals surface area contributed by atoms with E-state index in [4.69, 9.17) is 9.47 Å². The molecular formula is C21H32O4. The van der Waals surface area contributed by atoms with Crippen molar-refractivity contribution in [3.05, 3.63) is 35.5 Å². The number of methoxy groups -OCH3 is 1. The zero-order chi connectivity index (χ0) is 18.4. The topological polar surface area (TPSA) is 58.9 Å². The average Bonchev–Trinajstić information content (AvgIpc) is 2.95. The first-order chi connectivity index (χ1) is 11.8. The minimum Gasteiger partial charge on any atom is -0.392 e. The molecule has 6 atom stereocenters. The summed E-state index contributed by atoms with van der Waals surface area (Å²) in [6, 6.07) is 0. The zero-order valence-electron chi connectivity index (χ0n) is 16.0. The van der Waals surface area contributed by atoms with E-state index in [0.717, 1.165) is 12.0 Å².